The van der Waals surface area contributed by atoms with Gasteiger partial charge in [-0.05, 0) is 56.5 Å². The topological polar surface area (TPSA) is 83.3 Å². The quantitative estimate of drug-likeness (QED) is 0.698. The number of rotatable bonds is 4. The Kier molecular flexibility index (Phi) is 5.46. The number of urea groups is 1. The predicted molar refractivity (Wildman–Crippen MR) is 113 cm³/mol. The molecule has 7 heteroatoms. The molecule has 0 bridgehead atoms. The summed E-state index contributed by atoms with van der Waals surface area (Å²) in [6, 6.07) is 11.7. The largest absolute Gasteiger partial charge is 0.444 e. The van der Waals surface area contributed by atoms with Gasteiger partial charge >= 0.3 is 6.03 Å². The van der Waals surface area contributed by atoms with Gasteiger partial charge in [0.25, 0.3) is 0 Å². The molecule has 150 valence electrons. The summed E-state index contributed by atoms with van der Waals surface area (Å²) in [6.45, 7) is 5.60. The van der Waals surface area contributed by atoms with Crippen LogP contribution in [0.1, 0.15) is 24.1 Å². The molecule has 0 radical (unpaired) electrons. The van der Waals surface area contributed by atoms with Gasteiger partial charge in [0.1, 0.15) is 12.1 Å². The summed E-state index contributed by atoms with van der Waals surface area (Å²) in [5, 5.41) is 6.07. The number of aromatic nitrogens is 2. The van der Waals surface area contributed by atoms with Crippen LogP contribution in [0.4, 0.5) is 16.3 Å². The second-order valence-corrected chi connectivity index (χ2v) is 7.37. The van der Waals surface area contributed by atoms with Crippen molar-refractivity contribution in [2.24, 2.45) is 0 Å². The average Bonchev–Trinajstić information content (AvgIpc) is 3.17. The number of benzene rings is 1. The Bertz CT molecular complexity index is 978. The van der Waals surface area contributed by atoms with Crippen LogP contribution in [0.2, 0.25) is 0 Å². The Morgan fingerprint density at radius 2 is 2.00 bits per heavy atom. The van der Waals surface area contributed by atoms with Crippen molar-refractivity contribution in [2.45, 2.75) is 32.7 Å². The molecule has 1 aliphatic rings. The van der Waals surface area contributed by atoms with Crippen LogP contribution >= 0.6 is 0 Å². The molecule has 4 rings (SSSR count). The lowest BCUT2D eigenvalue weighted by Crippen LogP contribution is -2.46. The van der Waals surface area contributed by atoms with Crippen molar-refractivity contribution in [1.29, 1.82) is 0 Å². The Balaban J connectivity index is 1.34. The van der Waals surface area contributed by atoms with Crippen LogP contribution in [0.5, 0.6) is 0 Å². The van der Waals surface area contributed by atoms with Gasteiger partial charge in [-0.1, -0.05) is 12.1 Å². The SMILES string of the molecule is Cc1coc(-c2ccc(C)c(NC(=O)NC3CCN(c4ccccn4)CC3)c2)n1. The summed E-state index contributed by atoms with van der Waals surface area (Å²) in [7, 11) is 0. The van der Waals surface area contributed by atoms with E-state index in [0.29, 0.717) is 5.89 Å². The number of pyridine rings is 1. The second-order valence-electron chi connectivity index (χ2n) is 7.37. The van der Waals surface area contributed by atoms with Crippen molar-refractivity contribution in [3.8, 4) is 11.5 Å². The van der Waals surface area contributed by atoms with Gasteiger partial charge in [0.15, 0.2) is 0 Å². The third-order valence-corrected chi connectivity index (χ3v) is 5.16. The highest BCUT2D eigenvalue weighted by Gasteiger charge is 2.21. The number of piperidine rings is 1. The van der Waals surface area contributed by atoms with E-state index in [0.717, 1.165) is 54.3 Å². The van der Waals surface area contributed by atoms with Gasteiger partial charge in [-0.3, -0.25) is 0 Å². The van der Waals surface area contributed by atoms with Crippen molar-refractivity contribution < 1.29 is 9.21 Å². The maximum atomic E-state index is 12.5. The number of nitrogens with one attached hydrogen (secondary N) is 2. The van der Waals surface area contributed by atoms with Gasteiger partial charge in [-0.15, -0.1) is 0 Å². The van der Waals surface area contributed by atoms with Crippen molar-refractivity contribution in [3.63, 3.8) is 0 Å². The normalized spacial score (nSPS) is 14.6. The Labute approximate surface area is 170 Å². The molecule has 0 aliphatic carbocycles. The van der Waals surface area contributed by atoms with Gasteiger partial charge < -0.3 is 20.0 Å². The molecule has 1 aliphatic heterocycles. The molecule has 3 aromatic rings. The monoisotopic (exact) mass is 391 g/mol. The van der Waals surface area contributed by atoms with E-state index < -0.39 is 0 Å². The van der Waals surface area contributed by atoms with E-state index >= 15 is 0 Å². The lowest BCUT2D eigenvalue weighted by molar-refractivity contribution is 0.246. The van der Waals surface area contributed by atoms with E-state index in [1.165, 1.54) is 0 Å². The van der Waals surface area contributed by atoms with Crippen LogP contribution in [0.25, 0.3) is 11.5 Å². The maximum Gasteiger partial charge on any atom is 0.319 e. The minimum absolute atomic E-state index is 0.146. The fourth-order valence-electron chi connectivity index (χ4n) is 3.51. The molecule has 2 amide bonds. The van der Waals surface area contributed by atoms with Crippen LogP contribution in [-0.2, 0) is 0 Å². The van der Waals surface area contributed by atoms with E-state index in [4.69, 9.17) is 4.42 Å². The molecule has 29 heavy (non-hydrogen) atoms. The minimum atomic E-state index is -0.190. The first-order chi connectivity index (χ1) is 14.1. The molecule has 1 fully saturated rings. The summed E-state index contributed by atoms with van der Waals surface area (Å²) in [6.07, 6.45) is 5.20. The van der Waals surface area contributed by atoms with Gasteiger partial charge in [0, 0.05) is 36.6 Å². The summed E-state index contributed by atoms with van der Waals surface area (Å²) in [4.78, 5) is 23.6. The van der Waals surface area contributed by atoms with Crippen LogP contribution in [0.15, 0.2) is 53.3 Å². The number of anilines is 2. The van der Waals surface area contributed by atoms with E-state index in [2.05, 4.69) is 25.5 Å². The lowest BCUT2D eigenvalue weighted by atomic mass is 10.1. The Morgan fingerprint density at radius 1 is 1.17 bits per heavy atom. The number of hydrogen-bond acceptors (Lipinski definition) is 5. The summed E-state index contributed by atoms with van der Waals surface area (Å²) in [5.41, 5.74) is 3.39. The zero-order valence-electron chi connectivity index (χ0n) is 16.7. The number of amides is 2. The number of nitrogens with zero attached hydrogens (tertiary/aromatic N) is 3. The van der Waals surface area contributed by atoms with Crippen LogP contribution in [0.3, 0.4) is 0 Å². The third kappa shape index (κ3) is 4.56. The molecule has 2 aromatic heterocycles. The maximum absolute atomic E-state index is 12.5. The van der Waals surface area contributed by atoms with Gasteiger partial charge in [0.05, 0.1) is 5.69 Å². The first kappa shape index (κ1) is 19.0. The molecule has 0 saturated carbocycles. The fraction of sp³-hybridized carbons (Fsp3) is 0.318. The number of aryl methyl sites for hydroxylation is 2. The molecular weight excluding hydrogens is 366 g/mol. The minimum Gasteiger partial charge on any atom is -0.444 e. The first-order valence-electron chi connectivity index (χ1n) is 9.85. The highest BCUT2D eigenvalue weighted by Crippen LogP contribution is 2.25. The second kappa shape index (κ2) is 8.34. The van der Waals surface area contributed by atoms with E-state index in [1.807, 2.05) is 56.4 Å². The summed E-state index contributed by atoms with van der Waals surface area (Å²) >= 11 is 0. The van der Waals surface area contributed by atoms with Gasteiger partial charge in [-0.25, -0.2) is 14.8 Å². The molecular formula is C22H25N5O2. The molecule has 3 heterocycles. The number of oxazole rings is 1. The van der Waals surface area contributed by atoms with Crippen LogP contribution in [0, 0.1) is 13.8 Å². The lowest BCUT2D eigenvalue weighted by Gasteiger charge is -2.33. The van der Waals surface area contributed by atoms with E-state index in [9.17, 15) is 4.79 Å². The van der Waals surface area contributed by atoms with Crippen molar-refractivity contribution in [2.75, 3.05) is 23.3 Å². The highest BCUT2D eigenvalue weighted by molar-refractivity contribution is 5.91. The highest BCUT2D eigenvalue weighted by atomic mass is 16.3. The van der Waals surface area contributed by atoms with Gasteiger partial charge in [0.2, 0.25) is 5.89 Å². The number of carbonyl (C=O) groups is 1. The average molecular weight is 391 g/mol. The molecule has 0 spiro atoms. The molecule has 2 N–H and O–H groups in total. The molecule has 0 unspecified atom stereocenters. The van der Waals surface area contributed by atoms with E-state index in [-0.39, 0.29) is 12.1 Å². The zero-order chi connectivity index (χ0) is 20.2. The number of carbonyl (C=O) groups excluding carboxylic acids is 1. The molecule has 1 aromatic carbocycles. The van der Waals surface area contributed by atoms with Crippen molar-refractivity contribution in [3.05, 3.63) is 60.1 Å². The summed E-state index contributed by atoms with van der Waals surface area (Å²) in [5.74, 6) is 1.54. The standard InChI is InChI=1S/C22H25N5O2/c1-15-6-7-17(21-24-16(2)14-29-21)13-19(15)26-22(28)25-18-8-11-27(12-9-18)20-5-3-4-10-23-20/h3-7,10,13-14,18H,8-9,11-12H2,1-2H3,(H2,25,26,28). The van der Waals surface area contributed by atoms with Crippen molar-refractivity contribution in [1.82, 2.24) is 15.3 Å². The van der Waals surface area contributed by atoms with Crippen LogP contribution in [-0.4, -0.2) is 35.1 Å². The summed E-state index contributed by atoms with van der Waals surface area (Å²) < 4.78 is 5.47. The van der Waals surface area contributed by atoms with Crippen LogP contribution < -0.4 is 15.5 Å². The zero-order valence-corrected chi connectivity index (χ0v) is 16.7. The van der Waals surface area contributed by atoms with Crippen molar-refractivity contribution >= 4 is 17.5 Å². The predicted octanol–water partition coefficient (Wildman–Crippen LogP) is 4.14. The molecule has 7 nitrogen and oxygen atoms in total. The Morgan fingerprint density at radius 3 is 2.69 bits per heavy atom. The molecule has 0 atom stereocenters. The van der Waals surface area contributed by atoms with Gasteiger partial charge in [-0.2, -0.15) is 0 Å². The number of hydrogen-bond donors (Lipinski definition) is 2. The Hall–Kier alpha value is -3.35. The first-order valence-corrected chi connectivity index (χ1v) is 9.85. The smallest absolute Gasteiger partial charge is 0.319 e. The fourth-order valence-corrected chi connectivity index (χ4v) is 3.51. The van der Waals surface area contributed by atoms with E-state index in [1.54, 1.807) is 6.26 Å². The molecule has 1 saturated heterocycles. The third-order valence-electron chi connectivity index (χ3n) is 5.16.